The fourth-order valence-electron chi connectivity index (χ4n) is 4.68. The quantitative estimate of drug-likeness (QED) is 0.563. The molecule has 5 heteroatoms. The van der Waals surface area contributed by atoms with Crippen LogP contribution in [0.15, 0.2) is 29.3 Å². The predicted molar refractivity (Wildman–Crippen MR) is 121 cm³/mol. The van der Waals surface area contributed by atoms with Crippen molar-refractivity contribution in [1.82, 2.24) is 15.1 Å². The summed E-state index contributed by atoms with van der Waals surface area (Å²) in [6, 6.07) is 9.40. The third-order valence-corrected chi connectivity index (χ3v) is 6.66. The predicted octanol–water partition coefficient (Wildman–Crippen LogP) is 3.39. The molecule has 1 N–H and O–H groups in total. The minimum Gasteiger partial charge on any atom is -0.381 e. The first-order chi connectivity index (χ1) is 14.1. The Bertz CT molecular complexity index is 654. The van der Waals surface area contributed by atoms with Crippen LogP contribution < -0.4 is 5.32 Å². The van der Waals surface area contributed by atoms with Gasteiger partial charge in [-0.05, 0) is 48.6 Å². The van der Waals surface area contributed by atoms with Crippen molar-refractivity contribution in [3.63, 3.8) is 0 Å². The Morgan fingerprint density at radius 3 is 2.66 bits per heavy atom. The number of fused-ring (bicyclic) bond motifs is 1. The van der Waals surface area contributed by atoms with Gasteiger partial charge in [0.15, 0.2) is 5.96 Å². The van der Waals surface area contributed by atoms with Gasteiger partial charge >= 0.3 is 0 Å². The Morgan fingerprint density at radius 1 is 1.24 bits per heavy atom. The highest BCUT2D eigenvalue weighted by atomic mass is 16.5. The lowest BCUT2D eigenvalue weighted by molar-refractivity contribution is 0.0625. The minimum atomic E-state index is 0.504. The molecule has 1 aromatic carbocycles. The second kappa shape index (κ2) is 11.0. The molecule has 2 aliphatic rings. The van der Waals surface area contributed by atoms with Crippen molar-refractivity contribution in [3.8, 4) is 0 Å². The molecule has 2 aliphatic heterocycles. The van der Waals surface area contributed by atoms with Gasteiger partial charge in [0, 0.05) is 59.5 Å². The summed E-state index contributed by atoms with van der Waals surface area (Å²) >= 11 is 0. The van der Waals surface area contributed by atoms with Crippen molar-refractivity contribution < 1.29 is 4.74 Å². The molecule has 0 aromatic heterocycles. The second-order valence-corrected chi connectivity index (χ2v) is 8.99. The minimum absolute atomic E-state index is 0.504. The molecule has 0 saturated carbocycles. The monoisotopic (exact) mass is 400 g/mol. The molecule has 0 amide bonds. The van der Waals surface area contributed by atoms with Crippen LogP contribution in [0.25, 0.3) is 0 Å². The van der Waals surface area contributed by atoms with Gasteiger partial charge in [-0.3, -0.25) is 9.89 Å². The van der Waals surface area contributed by atoms with Crippen molar-refractivity contribution in [3.05, 3.63) is 35.4 Å². The first-order valence-electron chi connectivity index (χ1n) is 11.4. The fourth-order valence-corrected chi connectivity index (χ4v) is 4.68. The van der Waals surface area contributed by atoms with E-state index in [9.17, 15) is 0 Å². The Labute approximate surface area is 177 Å². The van der Waals surface area contributed by atoms with Crippen molar-refractivity contribution in [2.75, 3.05) is 46.9 Å². The number of nitrogens with one attached hydrogen (secondary N) is 1. The first-order valence-corrected chi connectivity index (χ1v) is 11.4. The molecule has 0 spiro atoms. The number of ether oxygens (including phenoxy) is 1. The lowest BCUT2D eigenvalue weighted by atomic mass is 9.95. The molecule has 2 heterocycles. The zero-order chi connectivity index (χ0) is 20.6. The number of aliphatic imine (C=N–C) groups is 1. The Morgan fingerprint density at radius 2 is 1.97 bits per heavy atom. The zero-order valence-electron chi connectivity index (χ0n) is 18.9. The number of benzene rings is 1. The molecule has 1 atom stereocenters. The lowest BCUT2D eigenvalue weighted by Gasteiger charge is -2.38. The molecular formula is C24H40N4O. The molecule has 5 nitrogen and oxygen atoms in total. The lowest BCUT2D eigenvalue weighted by Crippen LogP contribution is -2.51. The van der Waals surface area contributed by atoms with Crippen LogP contribution in [0.1, 0.15) is 44.2 Å². The van der Waals surface area contributed by atoms with Crippen molar-refractivity contribution in [1.29, 1.82) is 0 Å². The van der Waals surface area contributed by atoms with Gasteiger partial charge in [0.1, 0.15) is 0 Å². The van der Waals surface area contributed by atoms with Crippen molar-refractivity contribution in [2.45, 2.75) is 52.1 Å². The number of guanidine groups is 1. The Hall–Kier alpha value is -1.59. The summed E-state index contributed by atoms with van der Waals surface area (Å²) in [5.74, 6) is 2.40. The van der Waals surface area contributed by atoms with Crippen LogP contribution in [-0.4, -0.2) is 68.7 Å². The molecule has 0 radical (unpaired) electrons. The van der Waals surface area contributed by atoms with E-state index in [0.717, 1.165) is 57.7 Å². The molecule has 1 saturated heterocycles. The summed E-state index contributed by atoms with van der Waals surface area (Å²) in [5.41, 5.74) is 3.00. The average molecular weight is 401 g/mol. The standard InChI is InChI=1S/C24H40N4O/c1-19(2)23(28-14-10-21-7-5-6-8-22(21)18-28)17-26-24(25-3)27(4)13-9-20-11-15-29-16-12-20/h5-8,19-20,23H,9-18H2,1-4H3,(H,25,26). The van der Waals surface area contributed by atoms with E-state index in [1.165, 1.54) is 30.4 Å². The van der Waals surface area contributed by atoms with Gasteiger partial charge in [-0.2, -0.15) is 0 Å². The average Bonchev–Trinajstić information content (AvgIpc) is 2.75. The molecule has 1 aromatic rings. The summed E-state index contributed by atoms with van der Waals surface area (Å²) in [6.45, 7) is 10.7. The summed E-state index contributed by atoms with van der Waals surface area (Å²) < 4.78 is 5.49. The number of rotatable bonds is 7. The van der Waals surface area contributed by atoms with Gasteiger partial charge in [-0.15, -0.1) is 0 Å². The van der Waals surface area contributed by atoms with Crippen LogP contribution >= 0.6 is 0 Å². The summed E-state index contributed by atoms with van der Waals surface area (Å²) in [6.07, 6.45) is 4.77. The van der Waals surface area contributed by atoms with E-state index >= 15 is 0 Å². The number of nitrogens with zero attached hydrogens (tertiary/aromatic N) is 3. The largest absolute Gasteiger partial charge is 0.381 e. The van der Waals surface area contributed by atoms with Gasteiger partial charge in [0.2, 0.25) is 0 Å². The van der Waals surface area contributed by atoms with Crippen LogP contribution in [0.2, 0.25) is 0 Å². The maximum atomic E-state index is 5.49. The Kier molecular flexibility index (Phi) is 8.37. The summed E-state index contributed by atoms with van der Waals surface area (Å²) in [7, 11) is 4.06. The Balaban J connectivity index is 1.52. The van der Waals surface area contributed by atoms with Gasteiger partial charge in [0.05, 0.1) is 0 Å². The van der Waals surface area contributed by atoms with Crippen LogP contribution in [-0.2, 0) is 17.7 Å². The van der Waals surface area contributed by atoms with E-state index < -0.39 is 0 Å². The maximum Gasteiger partial charge on any atom is 0.193 e. The van der Waals surface area contributed by atoms with E-state index in [4.69, 9.17) is 4.74 Å². The third kappa shape index (κ3) is 6.19. The van der Waals surface area contributed by atoms with Gasteiger partial charge in [0.25, 0.3) is 0 Å². The van der Waals surface area contributed by atoms with Gasteiger partial charge in [-0.25, -0.2) is 0 Å². The summed E-state index contributed by atoms with van der Waals surface area (Å²) in [5, 5.41) is 3.67. The zero-order valence-corrected chi connectivity index (χ0v) is 18.9. The van der Waals surface area contributed by atoms with Crippen LogP contribution in [0.5, 0.6) is 0 Å². The number of hydrogen-bond acceptors (Lipinski definition) is 3. The first kappa shape index (κ1) is 22.1. The molecular weight excluding hydrogens is 360 g/mol. The number of hydrogen-bond donors (Lipinski definition) is 1. The topological polar surface area (TPSA) is 40.1 Å². The molecule has 0 bridgehead atoms. The van der Waals surface area contributed by atoms with Gasteiger partial charge in [-0.1, -0.05) is 38.1 Å². The third-order valence-electron chi connectivity index (χ3n) is 6.66. The molecule has 3 rings (SSSR count). The normalized spacial score (nSPS) is 19.8. The van der Waals surface area contributed by atoms with Gasteiger partial charge < -0.3 is 15.0 Å². The van der Waals surface area contributed by atoms with Crippen molar-refractivity contribution >= 4 is 5.96 Å². The van der Waals surface area contributed by atoms with E-state index in [-0.39, 0.29) is 0 Å². The van der Waals surface area contributed by atoms with Crippen LogP contribution in [0.4, 0.5) is 0 Å². The van der Waals surface area contributed by atoms with E-state index in [0.29, 0.717) is 12.0 Å². The molecule has 29 heavy (non-hydrogen) atoms. The molecule has 1 fully saturated rings. The maximum absolute atomic E-state index is 5.49. The van der Waals surface area contributed by atoms with E-state index in [1.807, 2.05) is 7.05 Å². The molecule has 162 valence electrons. The SMILES string of the molecule is CN=C(NCC(C(C)C)N1CCc2ccccc2C1)N(C)CCC1CCOCC1. The second-order valence-electron chi connectivity index (χ2n) is 8.99. The van der Waals surface area contributed by atoms with E-state index in [1.54, 1.807) is 0 Å². The summed E-state index contributed by atoms with van der Waals surface area (Å²) in [4.78, 5) is 9.49. The molecule has 0 aliphatic carbocycles. The highest BCUT2D eigenvalue weighted by Crippen LogP contribution is 2.23. The fraction of sp³-hybridized carbons (Fsp3) is 0.708. The highest BCUT2D eigenvalue weighted by Gasteiger charge is 2.26. The highest BCUT2D eigenvalue weighted by molar-refractivity contribution is 5.79. The smallest absolute Gasteiger partial charge is 0.193 e. The van der Waals surface area contributed by atoms with Crippen molar-refractivity contribution in [2.24, 2.45) is 16.8 Å². The van der Waals surface area contributed by atoms with E-state index in [2.05, 4.69) is 65.3 Å². The molecule has 1 unspecified atom stereocenters. The van der Waals surface area contributed by atoms with Crippen LogP contribution in [0.3, 0.4) is 0 Å². The van der Waals surface area contributed by atoms with Crippen LogP contribution in [0, 0.1) is 11.8 Å².